The predicted molar refractivity (Wildman–Crippen MR) is 118 cm³/mol. The number of piperidine rings is 1. The van der Waals surface area contributed by atoms with Crippen LogP contribution < -0.4 is 14.8 Å². The van der Waals surface area contributed by atoms with Gasteiger partial charge in [-0.1, -0.05) is 36.6 Å². The van der Waals surface area contributed by atoms with Crippen molar-refractivity contribution in [3.8, 4) is 11.5 Å². The number of carbonyl (C=O) groups is 1. The van der Waals surface area contributed by atoms with Crippen molar-refractivity contribution >= 4 is 11.6 Å². The molecule has 1 aliphatic carbocycles. The minimum absolute atomic E-state index is 0.0303. The molecule has 0 bridgehead atoms. The molecule has 31 heavy (non-hydrogen) atoms. The molecule has 0 aromatic heterocycles. The summed E-state index contributed by atoms with van der Waals surface area (Å²) in [5.74, 6) is 1.56. The molecule has 3 aliphatic rings. The van der Waals surface area contributed by atoms with Gasteiger partial charge in [0.1, 0.15) is 0 Å². The molecule has 1 saturated heterocycles. The van der Waals surface area contributed by atoms with Gasteiger partial charge < -0.3 is 19.9 Å². The fraction of sp³-hybridized carbons (Fsp3) is 0.480. The number of nitrogens with one attached hydrogen (secondary N) is 1. The quantitative estimate of drug-likeness (QED) is 0.779. The normalized spacial score (nSPS) is 27.5. The Labute approximate surface area is 183 Å². The molecule has 2 aromatic carbocycles. The van der Waals surface area contributed by atoms with Gasteiger partial charge in [-0.25, -0.2) is 0 Å². The Bertz CT molecular complexity index is 960. The predicted octanol–water partition coefficient (Wildman–Crippen LogP) is 4.03. The van der Waals surface area contributed by atoms with Crippen LogP contribution >= 0.6 is 0 Å². The van der Waals surface area contributed by atoms with E-state index in [9.17, 15) is 9.90 Å². The molecule has 6 heteroatoms. The number of aryl methyl sites for hydroxylation is 1. The van der Waals surface area contributed by atoms with Crippen LogP contribution in [0.2, 0.25) is 0 Å². The molecule has 164 valence electrons. The highest BCUT2D eigenvalue weighted by molar-refractivity contribution is 5.92. The third-order valence-electron chi connectivity index (χ3n) is 7.09. The zero-order chi connectivity index (χ0) is 21.4. The van der Waals surface area contributed by atoms with E-state index in [-0.39, 0.29) is 24.7 Å². The van der Waals surface area contributed by atoms with Crippen molar-refractivity contribution in [1.82, 2.24) is 4.90 Å². The van der Waals surface area contributed by atoms with Gasteiger partial charge >= 0.3 is 0 Å². The summed E-state index contributed by atoms with van der Waals surface area (Å²) in [6.07, 6.45) is 4.68. The van der Waals surface area contributed by atoms with Crippen molar-refractivity contribution in [3.05, 3.63) is 53.6 Å². The Balaban J connectivity index is 1.40. The van der Waals surface area contributed by atoms with Crippen molar-refractivity contribution in [3.63, 3.8) is 0 Å². The number of fused-ring (bicyclic) bond motifs is 2. The number of hydrogen-bond acceptors (Lipinski definition) is 5. The minimum Gasteiger partial charge on any atom is -0.454 e. The average Bonchev–Trinajstić information content (AvgIpc) is 3.23. The Morgan fingerprint density at radius 3 is 2.77 bits per heavy atom. The molecule has 3 atom stereocenters. The molecule has 2 heterocycles. The van der Waals surface area contributed by atoms with Crippen molar-refractivity contribution in [2.75, 3.05) is 25.2 Å². The number of likely N-dealkylation sites (tertiary alicyclic amines) is 1. The first-order valence-corrected chi connectivity index (χ1v) is 11.2. The summed E-state index contributed by atoms with van der Waals surface area (Å²) in [6.45, 7) is 3.24. The minimum atomic E-state index is -0.663. The van der Waals surface area contributed by atoms with E-state index in [1.165, 1.54) is 0 Å². The lowest BCUT2D eigenvalue weighted by Gasteiger charge is -2.52. The Morgan fingerprint density at radius 2 is 1.94 bits per heavy atom. The number of nitrogens with zero attached hydrogens (tertiary/aromatic N) is 1. The number of ether oxygens (including phenoxy) is 2. The second kappa shape index (κ2) is 8.17. The third kappa shape index (κ3) is 4.02. The van der Waals surface area contributed by atoms with Crippen molar-refractivity contribution in [2.45, 2.75) is 50.7 Å². The Morgan fingerprint density at radius 1 is 1.13 bits per heavy atom. The topological polar surface area (TPSA) is 71.0 Å². The monoisotopic (exact) mass is 422 g/mol. The second-order valence-electron chi connectivity index (χ2n) is 9.15. The van der Waals surface area contributed by atoms with E-state index in [0.29, 0.717) is 19.5 Å². The summed E-state index contributed by atoms with van der Waals surface area (Å²) >= 11 is 0. The van der Waals surface area contributed by atoms with Gasteiger partial charge in [0.05, 0.1) is 12.1 Å². The van der Waals surface area contributed by atoms with E-state index in [0.717, 1.165) is 54.0 Å². The summed E-state index contributed by atoms with van der Waals surface area (Å²) < 4.78 is 11.1. The number of hydrogen-bond donors (Lipinski definition) is 2. The molecule has 6 nitrogen and oxygen atoms in total. The summed E-state index contributed by atoms with van der Waals surface area (Å²) in [7, 11) is 0. The van der Waals surface area contributed by atoms with Gasteiger partial charge in [0.2, 0.25) is 12.7 Å². The second-order valence-corrected chi connectivity index (χ2v) is 9.15. The van der Waals surface area contributed by atoms with E-state index in [4.69, 9.17) is 9.47 Å². The van der Waals surface area contributed by atoms with Crippen LogP contribution in [-0.4, -0.2) is 41.4 Å². The van der Waals surface area contributed by atoms with Gasteiger partial charge in [-0.2, -0.15) is 0 Å². The lowest BCUT2D eigenvalue weighted by molar-refractivity contribution is -0.135. The molecule has 2 aliphatic heterocycles. The fourth-order valence-corrected chi connectivity index (χ4v) is 5.48. The molecule has 1 amide bonds. The maximum atomic E-state index is 12.9. The molecule has 2 fully saturated rings. The molecule has 2 aromatic rings. The van der Waals surface area contributed by atoms with Gasteiger partial charge in [-0.3, -0.25) is 9.69 Å². The van der Waals surface area contributed by atoms with Crippen molar-refractivity contribution in [1.29, 1.82) is 0 Å². The maximum Gasteiger partial charge on any atom is 0.238 e. The van der Waals surface area contributed by atoms with E-state index >= 15 is 0 Å². The van der Waals surface area contributed by atoms with Gasteiger partial charge in [0.25, 0.3) is 0 Å². The lowest BCUT2D eigenvalue weighted by atomic mass is 9.66. The van der Waals surface area contributed by atoms with E-state index in [1.54, 1.807) is 0 Å². The van der Waals surface area contributed by atoms with Gasteiger partial charge in [-0.15, -0.1) is 0 Å². The first kappa shape index (κ1) is 20.3. The Kier molecular flexibility index (Phi) is 5.36. The molecule has 1 saturated carbocycles. The van der Waals surface area contributed by atoms with Gasteiger partial charge in [-0.05, 0) is 56.0 Å². The van der Waals surface area contributed by atoms with Crippen LogP contribution in [0.3, 0.4) is 0 Å². The summed E-state index contributed by atoms with van der Waals surface area (Å²) in [6, 6.07) is 13.8. The summed E-state index contributed by atoms with van der Waals surface area (Å²) in [4.78, 5) is 15.1. The highest BCUT2D eigenvalue weighted by Gasteiger charge is 2.49. The van der Waals surface area contributed by atoms with Crippen molar-refractivity contribution < 1.29 is 19.4 Å². The first-order chi connectivity index (χ1) is 15.0. The Hall–Kier alpha value is -2.57. The van der Waals surface area contributed by atoms with Crippen LogP contribution in [0.1, 0.15) is 49.3 Å². The number of carbonyl (C=O) groups excluding carboxylic acids is 1. The zero-order valence-corrected chi connectivity index (χ0v) is 18.0. The molecular weight excluding hydrogens is 392 g/mol. The van der Waals surface area contributed by atoms with Crippen molar-refractivity contribution in [2.24, 2.45) is 5.92 Å². The number of rotatable bonds is 4. The van der Waals surface area contributed by atoms with Crippen LogP contribution in [0.25, 0.3) is 0 Å². The number of amides is 1. The van der Waals surface area contributed by atoms with Crippen LogP contribution in [0.15, 0.2) is 42.5 Å². The molecule has 5 rings (SSSR count). The van der Waals surface area contributed by atoms with E-state index < -0.39 is 5.60 Å². The molecule has 0 radical (unpaired) electrons. The summed E-state index contributed by atoms with van der Waals surface area (Å²) in [5.41, 5.74) is 2.38. The summed E-state index contributed by atoms with van der Waals surface area (Å²) in [5, 5.41) is 14.5. The molecule has 0 spiro atoms. The SMILES string of the molecule is Cc1ccc(NC(=O)CN2CCC3(O)CCCCC3C2c2ccc3c(c2)OCO3)cc1. The highest BCUT2D eigenvalue weighted by atomic mass is 16.7. The molecule has 2 N–H and O–H groups in total. The lowest BCUT2D eigenvalue weighted by Crippen LogP contribution is -2.56. The van der Waals surface area contributed by atoms with Gasteiger partial charge in [0, 0.05) is 24.2 Å². The highest BCUT2D eigenvalue weighted by Crippen LogP contribution is 2.50. The fourth-order valence-electron chi connectivity index (χ4n) is 5.48. The van der Waals surface area contributed by atoms with E-state index in [1.807, 2.05) is 43.3 Å². The standard InChI is InChI=1S/C25H30N2O4/c1-17-5-8-19(9-6-17)26-23(28)15-27-13-12-25(29)11-3-2-4-20(25)24(27)18-7-10-21-22(14-18)31-16-30-21/h5-10,14,20,24,29H,2-4,11-13,15-16H2,1H3,(H,26,28). The number of anilines is 1. The zero-order valence-electron chi connectivity index (χ0n) is 18.0. The first-order valence-electron chi connectivity index (χ1n) is 11.2. The number of benzene rings is 2. The largest absolute Gasteiger partial charge is 0.454 e. The average molecular weight is 423 g/mol. The van der Waals surface area contributed by atoms with Crippen LogP contribution in [-0.2, 0) is 4.79 Å². The van der Waals surface area contributed by atoms with Crippen LogP contribution in [0.5, 0.6) is 11.5 Å². The molecular formula is C25H30N2O4. The van der Waals surface area contributed by atoms with Gasteiger partial charge in [0.15, 0.2) is 11.5 Å². The maximum absolute atomic E-state index is 12.9. The number of aliphatic hydroxyl groups is 1. The third-order valence-corrected chi connectivity index (χ3v) is 7.09. The molecule has 3 unspecified atom stereocenters. The van der Waals surface area contributed by atoms with Crippen LogP contribution in [0, 0.1) is 12.8 Å². The smallest absolute Gasteiger partial charge is 0.238 e. The van der Waals surface area contributed by atoms with E-state index in [2.05, 4.69) is 16.3 Å². The van der Waals surface area contributed by atoms with Crippen LogP contribution in [0.4, 0.5) is 5.69 Å².